The van der Waals surface area contributed by atoms with E-state index >= 15 is 0 Å². The molecule has 0 fully saturated rings. The van der Waals surface area contributed by atoms with Gasteiger partial charge in [-0.3, -0.25) is 0 Å². The van der Waals surface area contributed by atoms with Gasteiger partial charge in [-0.05, 0) is 30.3 Å². The maximum absolute atomic E-state index is 13.4. The lowest BCUT2D eigenvalue weighted by molar-refractivity contribution is -0.158. The molecule has 2 heterocycles. The van der Waals surface area contributed by atoms with Crippen LogP contribution in [0.2, 0.25) is 0 Å². The van der Waals surface area contributed by atoms with Crippen LogP contribution in [0.3, 0.4) is 0 Å². The number of nitrogens with two attached hydrogens (primary N) is 1. The quantitative estimate of drug-likeness (QED) is 0.492. The minimum atomic E-state index is -4.04. The third-order valence-corrected chi connectivity index (χ3v) is 5.89. The molecule has 0 atom stereocenters. The van der Waals surface area contributed by atoms with Crippen LogP contribution in [0.4, 0.5) is 19.6 Å². The van der Waals surface area contributed by atoms with Gasteiger partial charge >= 0.3 is 6.11 Å². The summed E-state index contributed by atoms with van der Waals surface area (Å²) in [5.41, 5.74) is 2.27. The smallest absolute Gasteiger partial charge is 0.394 e. The van der Waals surface area contributed by atoms with E-state index in [9.17, 15) is 17.2 Å². The van der Waals surface area contributed by atoms with Crippen molar-refractivity contribution in [3.8, 4) is 5.75 Å². The molecule has 0 aliphatic carbocycles. The summed E-state index contributed by atoms with van der Waals surface area (Å²) < 4.78 is 57.5. The molecule has 0 saturated carbocycles. The Balaban J connectivity index is 1.81. The molecule has 29 heavy (non-hydrogen) atoms. The molecule has 0 aliphatic rings. The number of primary sulfonamides is 1. The molecule has 152 valence electrons. The molecule has 2 aromatic carbocycles. The lowest BCUT2D eigenvalue weighted by Crippen LogP contribution is -2.20. The van der Waals surface area contributed by atoms with Crippen molar-refractivity contribution in [2.45, 2.75) is 17.9 Å². The van der Waals surface area contributed by atoms with E-state index < -0.39 is 16.1 Å². The Morgan fingerprint density at radius 2 is 2.03 bits per heavy atom. The largest absolute Gasteiger partial charge is 0.431 e. The number of rotatable bonds is 5. The second kappa shape index (κ2) is 6.61. The van der Waals surface area contributed by atoms with E-state index in [1.165, 1.54) is 11.3 Å². The van der Waals surface area contributed by atoms with Crippen molar-refractivity contribution in [1.29, 1.82) is 0 Å². The molecular weight excluding hydrogens is 424 g/mol. The predicted molar refractivity (Wildman–Crippen MR) is 106 cm³/mol. The molecule has 2 aromatic heterocycles. The third-order valence-electron chi connectivity index (χ3n) is 4.05. The zero-order valence-corrected chi connectivity index (χ0v) is 16.8. The van der Waals surface area contributed by atoms with E-state index in [-0.39, 0.29) is 16.3 Å². The van der Waals surface area contributed by atoms with E-state index in [1.807, 2.05) is 23.7 Å². The Morgan fingerprint density at radius 1 is 1.28 bits per heavy atom. The summed E-state index contributed by atoms with van der Waals surface area (Å²) in [6.45, 7) is 0.585. The fourth-order valence-electron chi connectivity index (χ4n) is 2.86. The molecule has 0 bridgehead atoms. The van der Waals surface area contributed by atoms with Crippen LogP contribution < -0.4 is 15.2 Å². The summed E-state index contributed by atoms with van der Waals surface area (Å²) in [5, 5.41) is 8.40. The first-order chi connectivity index (χ1) is 13.5. The van der Waals surface area contributed by atoms with Gasteiger partial charge in [-0.1, -0.05) is 11.3 Å². The molecule has 0 unspecified atom stereocenters. The summed E-state index contributed by atoms with van der Waals surface area (Å²) >= 11 is 1.27. The van der Waals surface area contributed by atoms with Gasteiger partial charge in [-0.15, -0.1) is 0 Å². The second-order valence-corrected chi connectivity index (χ2v) is 8.98. The third kappa shape index (κ3) is 3.86. The van der Waals surface area contributed by atoms with Crippen molar-refractivity contribution in [3.05, 3.63) is 36.7 Å². The fraction of sp³-hybridized carbons (Fsp3) is 0.176. The number of hydrogen-bond donors (Lipinski definition) is 2. The van der Waals surface area contributed by atoms with Crippen molar-refractivity contribution in [1.82, 2.24) is 14.5 Å². The second-order valence-electron chi connectivity index (χ2n) is 6.39. The molecule has 4 rings (SSSR count). The van der Waals surface area contributed by atoms with Crippen LogP contribution in [-0.2, 0) is 17.1 Å². The fourth-order valence-corrected chi connectivity index (χ4v) is 4.28. The molecule has 0 radical (unpaired) electrons. The number of thiazole rings is 1. The topological polar surface area (TPSA) is 112 Å². The van der Waals surface area contributed by atoms with Gasteiger partial charge < -0.3 is 14.6 Å². The molecule has 0 saturated heterocycles. The highest BCUT2D eigenvalue weighted by Gasteiger charge is 2.26. The maximum atomic E-state index is 13.4. The van der Waals surface area contributed by atoms with Crippen LogP contribution in [0.5, 0.6) is 5.75 Å². The molecule has 4 aromatic rings. The number of nitrogens with one attached hydrogen (secondary N) is 1. The zero-order valence-electron chi connectivity index (χ0n) is 15.2. The lowest BCUT2D eigenvalue weighted by Gasteiger charge is -2.17. The van der Waals surface area contributed by atoms with Gasteiger partial charge in [0.15, 0.2) is 5.13 Å². The summed E-state index contributed by atoms with van der Waals surface area (Å²) in [5.74, 6) is -0.241. The highest BCUT2D eigenvalue weighted by atomic mass is 32.2. The van der Waals surface area contributed by atoms with Crippen molar-refractivity contribution in [2.75, 3.05) is 5.32 Å². The van der Waals surface area contributed by atoms with Crippen LogP contribution >= 0.6 is 11.3 Å². The Bertz CT molecular complexity index is 1340. The van der Waals surface area contributed by atoms with Gasteiger partial charge in [0.05, 0.1) is 32.6 Å². The van der Waals surface area contributed by atoms with E-state index in [2.05, 4.69) is 20.0 Å². The number of nitrogens with zero attached hydrogens (tertiary/aromatic N) is 3. The number of aromatic nitrogens is 3. The van der Waals surface area contributed by atoms with Gasteiger partial charge in [0.1, 0.15) is 11.3 Å². The maximum Gasteiger partial charge on any atom is 0.394 e. The predicted octanol–water partition coefficient (Wildman–Crippen LogP) is 3.57. The first-order valence-corrected chi connectivity index (χ1v) is 10.6. The number of aryl methyl sites for hydroxylation is 1. The van der Waals surface area contributed by atoms with Crippen molar-refractivity contribution in [3.63, 3.8) is 0 Å². The summed E-state index contributed by atoms with van der Waals surface area (Å²) in [6, 6.07) is 7.05. The molecular formula is C17H15F2N5O3S2. The van der Waals surface area contributed by atoms with E-state index in [1.54, 1.807) is 6.33 Å². The number of benzene rings is 2. The minimum Gasteiger partial charge on any atom is -0.431 e. The van der Waals surface area contributed by atoms with Crippen LogP contribution in [0.25, 0.3) is 21.3 Å². The molecule has 0 amide bonds. The number of hydrogen-bond acceptors (Lipinski definition) is 7. The van der Waals surface area contributed by atoms with Crippen molar-refractivity contribution in [2.24, 2.45) is 12.2 Å². The van der Waals surface area contributed by atoms with Crippen LogP contribution in [-0.4, -0.2) is 29.1 Å². The monoisotopic (exact) mass is 439 g/mol. The Morgan fingerprint density at radius 3 is 2.72 bits per heavy atom. The van der Waals surface area contributed by atoms with Gasteiger partial charge in [-0.25, -0.2) is 23.5 Å². The molecule has 0 spiro atoms. The first-order valence-electron chi connectivity index (χ1n) is 8.22. The van der Waals surface area contributed by atoms with E-state index in [4.69, 9.17) is 5.14 Å². The number of ether oxygens (including phenoxy) is 1. The Labute approximate surface area is 168 Å². The number of alkyl halides is 2. The lowest BCUT2D eigenvalue weighted by atomic mass is 10.3. The Hall–Kier alpha value is -2.83. The minimum absolute atomic E-state index is 0.00152. The average molecular weight is 439 g/mol. The zero-order chi connectivity index (χ0) is 21.0. The van der Waals surface area contributed by atoms with Crippen molar-refractivity contribution >= 4 is 53.4 Å². The van der Waals surface area contributed by atoms with Crippen molar-refractivity contribution < 1.29 is 21.9 Å². The van der Waals surface area contributed by atoms with Gasteiger partial charge in [0.25, 0.3) is 0 Å². The number of imidazole rings is 1. The van der Waals surface area contributed by atoms with Crippen LogP contribution in [0.15, 0.2) is 41.6 Å². The summed E-state index contributed by atoms with van der Waals surface area (Å²) in [4.78, 5) is 8.55. The van der Waals surface area contributed by atoms with Crippen LogP contribution in [0, 0.1) is 0 Å². The highest BCUT2D eigenvalue weighted by molar-refractivity contribution is 7.89. The number of sulfonamides is 1. The summed E-state index contributed by atoms with van der Waals surface area (Å²) in [6.07, 6.45) is -1.80. The first kappa shape index (κ1) is 19.5. The van der Waals surface area contributed by atoms with Gasteiger partial charge in [0, 0.05) is 14.0 Å². The standard InChI is InChI=1S/C17H15F2N5O3S2/c1-17(18,19)27-12-5-3-9(29(20,25)26)7-11(12)22-16-23-14-13(28-16)6-4-10-15(14)24(2)8-21-10/h3-8H,1-2H3,(H,22,23)(H2,20,25,26). The molecule has 12 heteroatoms. The van der Waals surface area contributed by atoms with E-state index in [0.717, 1.165) is 33.9 Å². The SMILES string of the molecule is Cn1cnc2ccc3sc(Nc4cc(S(N)(=O)=O)ccc4OC(C)(F)F)nc3c21. The number of fused-ring (bicyclic) bond motifs is 3. The summed E-state index contributed by atoms with van der Waals surface area (Å²) in [7, 11) is -2.20. The number of anilines is 2. The average Bonchev–Trinajstić information content (AvgIpc) is 3.17. The molecule has 0 aliphatic heterocycles. The van der Waals surface area contributed by atoms with E-state index in [0.29, 0.717) is 17.6 Å². The normalized spacial score (nSPS) is 12.6. The Kier molecular flexibility index (Phi) is 4.44. The number of halogens is 2. The molecule has 3 N–H and O–H groups in total. The van der Waals surface area contributed by atoms with Gasteiger partial charge in [0.2, 0.25) is 10.0 Å². The van der Waals surface area contributed by atoms with Crippen LogP contribution in [0.1, 0.15) is 6.92 Å². The highest BCUT2D eigenvalue weighted by Crippen LogP contribution is 2.37. The van der Waals surface area contributed by atoms with Gasteiger partial charge in [-0.2, -0.15) is 8.78 Å². The molecule has 8 nitrogen and oxygen atoms in total.